The number of halogens is 4. The number of benzene rings is 1. The van der Waals surface area contributed by atoms with Gasteiger partial charge in [0.15, 0.2) is 0 Å². The molecule has 0 atom stereocenters. The zero-order chi connectivity index (χ0) is 15.7. The van der Waals surface area contributed by atoms with Crippen LogP contribution in [0, 0.1) is 0 Å². The van der Waals surface area contributed by atoms with Crippen LogP contribution in [0.15, 0.2) is 22.7 Å². The van der Waals surface area contributed by atoms with Crippen molar-refractivity contribution in [2.45, 2.75) is 31.5 Å². The Hall–Kier alpha value is -1.08. The number of carbonyl (C=O) groups excluding carboxylic acids is 1. The SMILES string of the molecule is CC1(NC(=O)c2ccc(Br)cc2C(F)(F)F)CCNCC1. The first-order chi connectivity index (χ1) is 9.71. The van der Waals surface area contributed by atoms with E-state index in [-0.39, 0.29) is 5.56 Å². The number of hydrogen-bond donors (Lipinski definition) is 2. The molecule has 0 aliphatic carbocycles. The van der Waals surface area contributed by atoms with Crippen molar-refractivity contribution < 1.29 is 18.0 Å². The summed E-state index contributed by atoms with van der Waals surface area (Å²) in [5.41, 5.74) is -1.74. The number of piperidine rings is 1. The van der Waals surface area contributed by atoms with E-state index in [1.807, 2.05) is 6.92 Å². The highest BCUT2D eigenvalue weighted by Gasteiger charge is 2.37. The summed E-state index contributed by atoms with van der Waals surface area (Å²) < 4.78 is 39.4. The molecule has 2 N–H and O–H groups in total. The molecule has 2 rings (SSSR count). The van der Waals surface area contributed by atoms with Crippen LogP contribution >= 0.6 is 15.9 Å². The van der Waals surface area contributed by atoms with Crippen LogP contribution in [0.2, 0.25) is 0 Å². The Kier molecular flexibility index (Phi) is 4.63. The Morgan fingerprint density at radius 1 is 1.33 bits per heavy atom. The molecule has 21 heavy (non-hydrogen) atoms. The van der Waals surface area contributed by atoms with Gasteiger partial charge >= 0.3 is 6.18 Å². The molecule has 0 saturated carbocycles. The molecule has 0 spiro atoms. The van der Waals surface area contributed by atoms with Gasteiger partial charge in [-0.1, -0.05) is 15.9 Å². The molecule has 0 unspecified atom stereocenters. The molecule has 0 radical (unpaired) electrons. The maximum Gasteiger partial charge on any atom is 0.417 e. The minimum absolute atomic E-state index is 0.291. The predicted octanol–water partition coefficient (Wildman–Crippen LogP) is 3.34. The maximum atomic E-state index is 13.1. The Labute approximate surface area is 129 Å². The number of rotatable bonds is 2. The van der Waals surface area contributed by atoms with Crippen molar-refractivity contribution in [3.63, 3.8) is 0 Å². The van der Waals surface area contributed by atoms with Crippen LogP contribution in [0.25, 0.3) is 0 Å². The third kappa shape index (κ3) is 3.97. The molecule has 3 nitrogen and oxygen atoms in total. The summed E-state index contributed by atoms with van der Waals surface area (Å²) in [4.78, 5) is 12.3. The van der Waals surface area contributed by atoms with Crippen molar-refractivity contribution >= 4 is 21.8 Å². The summed E-state index contributed by atoms with van der Waals surface area (Å²) in [6.45, 7) is 3.34. The third-order valence-corrected chi connectivity index (χ3v) is 4.15. The van der Waals surface area contributed by atoms with E-state index in [4.69, 9.17) is 0 Å². The molecule has 1 amide bonds. The Balaban J connectivity index is 2.27. The molecule has 0 bridgehead atoms. The quantitative estimate of drug-likeness (QED) is 0.844. The average Bonchev–Trinajstić information content (AvgIpc) is 2.37. The van der Waals surface area contributed by atoms with Crippen molar-refractivity contribution in [3.8, 4) is 0 Å². The first kappa shape index (κ1) is 16.3. The molecule has 7 heteroatoms. The monoisotopic (exact) mass is 364 g/mol. The maximum absolute atomic E-state index is 13.1. The van der Waals surface area contributed by atoms with Gasteiger partial charge in [0.2, 0.25) is 0 Å². The third-order valence-electron chi connectivity index (χ3n) is 3.65. The lowest BCUT2D eigenvalue weighted by atomic mass is 9.90. The molecule has 1 heterocycles. The lowest BCUT2D eigenvalue weighted by Crippen LogP contribution is -2.52. The molecule has 1 fully saturated rings. The van der Waals surface area contributed by atoms with Gasteiger partial charge in [-0.05, 0) is 51.1 Å². The number of hydrogen-bond acceptors (Lipinski definition) is 2. The summed E-state index contributed by atoms with van der Waals surface area (Å²) in [6.07, 6.45) is -3.18. The van der Waals surface area contributed by atoms with Crippen LogP contribution in [-0.2, 0) is 6.18 Å². The number of alkyl halides is 3. The van der Waals surface area contributed by atoms with Crippen molar-refractivity contribution in [2.75, 3.05) is 13.1 Å². The van der Waals surface area contributed by atoms with Gasteiger partial charge in [-0.25, -0.2) is 0 Å². The van der Waals surface area contributed by atoms with E-state index in [0.717, 1.165) is 19.2 Å². The van der Waals surface area contributed by atoms with Crippen molar-refractivity contribution in [1.82, 2.24) is 10.6 Å². The lowest BCUT2D eigenvalue weighted by molar-refractivity contribution is -0.138. The molecule has 1 saturated heterocycles. The van der Waals surface area contributed by atoms with Crippen LogP contribution in [0.1, 0.15) is 35.7 Å². The van der Waals surface area contributed by atoms with E-state index in [1.165, 1.54) is 12.1 Å². The normalized spacial score (nSPS) is 18.3. The van der Waals surface area contributed by atoms with E-state index in [0.29, 0.717) is 17.3 Å². The fraction of sp³-hybridized carbons (Fsp3) is 0.500. The van der Waals surface area contributed by atoms with Gasteiger partial charge in [0.05, 0.1) is 11.1 Å². The van der Waals surface area contributed by atoms with E-state index in [1.54, 1.807) is 0 Å². The number of carbonyl (C=O) groups is 1. The van der Waals surface area contributed by atoms with Crippen LogP contribution in [-0.4, -0.2) is 24.5 Å². The molecule has 1 aliphatic heterocycles. The fourth-order valence-corrected chi connectivity index (χ4v) is 2.76. The molecule has 116 valence electrons. The van der Waals surface area contributed by atoms with Gasteiger partial charge < -0.3 is 10.6 Å². The minimum Gasteiger partial charge on any atom is -0.347 e. The standard InChI is InChI=1S/C14H16BrF3N2O/c1-13(4-6-19-7-5-13)20-12(21)10-3-2-9(15)8-11(10)14(16,17)18/h2-3,8,19H,4-7H2,1H3,(H,20,21). The van der Waals surface area contributed by atoms with E-state index in [2.05, 4.69) is 26.6 Å². The van der Waals surface area contributed by atoms with Crippen LogP contribution in [0.3, 0.4) is 0 Å². The Morgan fingerprint density at radius 2 is 1.95 bits per heavy atom. The second-order valence-electron chi connectivity index (χ2n) is 5.45. The van der Waals surface area contributed by atoms with Crippen LogP contribution in [0.4, 0.5) is 13.2 Å². The number of nitrogens with one attached hydrogen (secondary N) is 2. The van der Waals surface area contributed by atoms with Gasteiger partial charge in [0.1, 0.15) is 0 Å². The fourth-order valence-electron chi connectivity index (χ4n) is 2.39. The van der Waals surface area contributed by atoms with Gasteiger partial charge in [-0.2, -0.15) is 13.2 Å². The zero-order valence-corrected chi connectivity index (χ0v) is 13.1. The summed E-state index contributed by atoms with van der Waals surface area (Å²) in [6, 6.07) is 3.57. The highest BCUT2D eigenvalue weighted by Crippen LogP contribution is 2.34. The van der Waals surface area contributed by atoms with Gasteiger partial charge in [0.25, 0.3) is 5.91 Å². The molecule has 1 aromatic rings. The Morgan fingerprint density at radius 3 is 2.52 bits per heavy atom. The molecular formula is C14H16BrF3N2O. The average molecular weight is 365 g/mol. The second-order valence-corrected chi connectivity index (χ2v) is 6.37. The summed E-state index contributed by atoms with van der Waals surface area (Å²) in [5, 5.41) is 5.91. The first-order valence-electron chi connectivity index (χ1n) is 6.61. The molecule has 1 aromatic carbocycles. The molecule has 1 aliphatic rings. The smallest absolute Gasteiger partial charge is 0.347 e. The van der Waals surface area contributed by atoms with Gasteiger partial charge in [-0.15, -0.1) is 0 Å². The highest BCUT2D eigenvalue weighted by molar-refractivity contribution is 9.10. The minimum atomic E-state index is -4.56. The second kappa shape index (κ2) is 5.96. The zero-order valence-electron chi connectivity index (χ0n) is 11.5. The lowest BCUT2D eigenvalue weighted by Gasteiger charge is -2.35. The van der Waals surface area contributed by atoms with Gasteiger partial charge in [-0.3, -0.25) is 4.79 Å². The van der Waals surface area contributed by atoms with Crippen molar-refractivity contribution in [2.24, 2.45) is 0 Å². The summed E-state index contributed by atoms with van der Waals surface area (Å²) in [7, 11) is 0. The van der Waals surface area contributed by atoms with Gasteiger partial charge in [0, 0.05) is 10.0 Å². The first-order valence-corrected chi connectivity index (χ1v) is 7.41. The summed E-state index contributed by atoms with van der Waals surface area (Å²) >= 11 is 3.01. The van der Waals surface area contributed by atoms with E-state index >= 15 is 0 Å². The topological polar surface area (TPSA) is 41.1 Å². The highest BCUT2D eigenvalue weighted by atomic mass is 79.9. The van der Waals surface area contributed by atoms with E-state index < -0.39 is 23.2 Å². The van der Waals surface area contributed by atoms with Crippen LogP contribution in [0.5, 0.6) is 0 Å². The van der Waals surface area contributed by atoms with Crippen molar-refractivity contribution in [3.05, 3.63) is 33.8 Å². The summed E-state index contributed by atoms with van der Waals surface area (Å²) in [5.74, 6) is -0.681. The molecular weight excluding hydrogens is 349 g/mol. The molecule has 0 aromatic heterocycles. The Bertz CT molecular complexity index is 540. The number of amides is 1. The van der Waals surface area contributed by atoms with Crippen molar-refractivity contribution in [1.29, 1.82) is 0 Å². The van der Waals surface area contributed by atoms with E-state index in [9.17, 15) is 18.0 Å². The van der Waals surface area contributed by atoms with Crippen LogP contribution < -0.4 is 10.6 Å². The predicted molar refractivity (Wildman–Crippen MR) is 77.1 cm³/mol. The largest absolute Gasteiger partial charge is 0.417 e.